The smallest absolute Gasteiger partial charge is 0.261 e. The number of aromatic nitrogens is 3. The fraction of sp³-hybridized carbons (Fsp3) is 0.125. The van der Waals surface area contributed by atoms with Crippen molar-refractivity contribution in [1.82, 2.24) is 19.9 Å². The molecule has 0 aliphatic carbocycles. The second-order valence-electron chi connectivity index (χ2n) is 4.92. The normalized spacial score (nSPS) is 13.1. The predicted octanol–water partition coefficient (Wildman–Crippen LogP) is 1.88. The first-order chi connectivity index (χ1) is 10.6. The molecule has 0 spiro atoms. The number of carbonyl (C=O) groups is 2. The minimum absolute atomic E-state index is 0.212. The van der Waals surface area contributed by atoms with Crippen molar-refractivity contribution in [3.63, 3.8) is 0 Å². The summed E-state index contributed by atoms with van der Waals surface area (Å²) in [5, 5.41) is 7.79. The highest BCUT2D eigenvalue weighted by molar-refractivity contribution is 6.21. The topological polar surface area (TPSA) is 68.1 Å². The zero-order valence-electron chi connectivity index (χ0n) is 12.2. The van der Waals surface area contributed by atoms with Gasteiger partial charge in [-0.15, -0.1) is 5.10 Å². The van der Waals surface area contributed by atoms with Crippen LogP contribution in [0.25, 0.3) is 11.0 Å². The van der Waals surface area contributed by atoms with Gasteiger partial charge in [0.1, 0.15) is 5.52 Å². The Morgan fingerprint density at radius 3 is 1.95 bits per heavy atom. The van der Waals surface area contributed by atoms with E-state index in [0.717, 1.165) is 15.9 Å². The van der Waals surface area contributed by atoms with E-state index in [1.54, 1.807) is 28.9 Å². The summed E-state index contributed by atoms with van der Waals surface area (Å²) in [6.45, 7) is 0. The molecule has 3 aromatic rings. The monoisotopic (exact) mass is 294 g/mol. The van der Waals surface area contributed by atoms with Crippen molar-refractivity contribution in [2.45, 2.75) is 0 Å². The molecule has 2 aromatic carbocycles. The van der Waals surface area contributed by atoms with E-state index in [1.165, 1.54) is 7.05 Å². The summed E-state index contributed by atoms with van der Waals surface area (Å²) < 4.78 is 1.76. The Morgan fingerprint density at radius 1 is 0.818 bits per heavy atom. The summed E-state index contributed by atoms with van der Waals surface area (Å²) in [7, 11) is 3.38. The highest BCUT2D eigenvalue weighted by Crippen LogP contribution is 2.20. The molecule has 1 aliphatic rings. The first-order valence-corrected chi connectivity index (χ1v) is 6.75. The summed E-state index contributed by atoms with van der Waals surface area (Å²) in [6.07, 6.45) is 0. The van der Waals surface area contributed by atoms with Crippen LogP contribution < -0.4 is 0 Å². The fourth-order valence-corrected chi connectivity index (χ4v) is 2.30. The number of benzene rings is 2. The van der Waals surface area contributed by atoms with E-state index in [2.05, 4.69) is 10.3 Å². The van der Waals surface area contributed by atoms with E-state index < -0.39 is 0 Å². The molecular formula is C16H14N4O2. The standard InChI is InChI=1S/C9H7NO2.C7H7N3/c1-10-8(11)6-4-2-3-5-7(6)9(10)12;1-10-7-5-3-2-4-6(7)8-9-10/h2-5H,1H3;2-5H,1H3. The van der Waals surface area contributed by atoms with Gasteiger partial charge in [-0.3, -0.25) is 14.5 Å². The molecule has 0 atom stereocenters. The summed E-state index contributed by atoms with van der Waals surface area (Å²) >= 11 is 0. The number of fused-ring (bicyclic) bond motifs is 2. The van der Waals surface area contributed by atoms with Gasteiger partial charge in [-0.05, 0) is 24.3 Å². The number of hydrogen-bond acceptors (Lipinski definition) is 4. The number of amides is 2. The number of nitrogens with zero attached hydrogens (tertiary/aromatic N) is 4. The highest BCUT2D eigenvalue weighted by Gasteiger charge is 2.31. The average Bonchev–Trinajstić information content (AvgIpc) is 3.04. The Kier molecular flexibility index (Phi) is 3.42. The maximum atomic E-state index is 11.3. The van der Waals surface area contributed by atoms with Gasteiger partial charge in [0.15, 0.2) is 0 Å². The number of aryl methyl sites for hydroxylation is 1. The van der Waals surface area contributed by atoms with E-state index in [0.29, 0.717) is 11.1 Å². The summed E-state index contributed by atoms with van der Waals surface area (Å²) in [6, 6.07) is 14.7. The van der Waals surface area contributed by atoms with Crippen molar-refractivity contribution in [3.8, 4) is 0 Å². The van der Waals surface area contributed by atoms with Gasteiger partial charge in [-0.25, -0.2) is 4.68 Å². The van der Waals surface area contributed by atoms with Crippen LogP contribution in [0.2, 0.25) is 0 Å². The molecule has 6 heteroatoms. The van der Waals surface area contributed by atoms with Gasteiger partial charge in [-0.1, -0.05) is 29.5 Å². The lowest BCUT2D eigenvalue weighted by Gasteiger charge is -2.02. The second-order valence-corrected chi connectivity index (χ2v) is 4.92. The number of rotatable bonds is 0. The minimum atomic E-state index is -0.212. The Hall–Kier alpha value is -3.02. The van der Waals surface area contributed by atoms with Gasteiger partial charge >= 0.3 is 0 Å². The van der Waals surface area contributed by atoms with Crippen molar-refractivity contribution >= 4 is 22.8 Å². The molecule has 0 N–H and O–H groups in total. The van der Waals surface area contributed by atoms with Crippen LogP contribution in [0.4, 0.5) is 0 Å². The zero-order chi connectivity index (χ0) is 15.7. The number of hydrogen-bond donors (Lipinski definition) is 0. The molecule has 110 valence electrons. The molecule has 0 saturated carbocycles. The largest absolute Gasteiger partial charge is 0.277 e. The van der Waals surface area contributed by atoms with Gasteiger partial charge in [0, 0.05) is 14.1 Å². The quantitative estimate of drug-likeness (QED) is 0.594. The van der Waals surface area contributed by atoms with Crippen LogP contribution in [0, 0.1) is 0 Å². The highest BCUT2D eigenvalue weighted by atomic mass is 16.2. The third kappa shape index (κ3) is 2.24. The first-order valence-electron chi connectivity index (χ1n) is 6.75. The average molecular weight is 294 g/mol. The summed E-state index contributed by atoms with van der Waals surface area (Å²) in [5.41, 5.74) is 3.03. The maximum absolute atomic E-state index is 11.3. The fourth-order valence-electron chi connectivity index (χ4n) is 2.30. The van der Waals surface area contributed by atoms with E-state index in [9.17, 15) is 9.59 Å². The third-order valence-electron chi connectivity index (χ3n) is 3.51. The van der Waals surface area contributed by atoms with Gasteiger partial charge in [0.2, 0.25) is 0 Å². The number of imide groups is 1. The van der Waals surface area contributed by atoms with E-state index in [-0.39, 0.29) is 11.8 Å². The summed E-state index contributed by atoms with van der Waals surface area (Å²) in [4.78, 5) is 23.8. The van der Waals surface area contributed by atoms with Gasteiger partial charge in [0.05, 0.1) is 16.6 Å². The summed E-state index contributed by atoms with van der Waals surface area (Å²) in [5.74, 6) is -0.425. The molecule has 22 heavy (non-hydrogen) atoms. The lowest BCUT2D eigenvalue weighted by molar-refractivity contribution is 0.0693. The van der Waals surface area contributed by atoms with Gasteiger partial charge < -0.3 is 0 Å². The van der Waals surface area contributed by atoms with Crippen molar-refractivity contribution in [3.05, 3.63) is 59.7 Å². The molecule has 2 amide bonds. The Balaban J connectivity index is 0.000000133. The molecule has 6 nitrogen and oxygen atoms in total. The van der Waals surface area contributed by atoms with Crippen LogP contribution in [0.5, 0.6) is 0 Å². The lowest BCUT2D eigenvalue weighted by atomic mass is 10.1. The molecule has 0 fully saturated rings. The van der Waals surface area contributed by atoms with Crippen LogP contribution in [0.15, 0.2) is 48.5 Å². The van der Waals surface area contributed by atoms with Crippen molar-refractivity contribution < 1.29 is 9.59 Å². The Bertz CT molecular complexity index is 834. The van der Waals surface area contributed by atoms with Crippen LogP contribution >= 0.6 is 0 Å². The maximum Gasteiger partial charge on any atom is 0.261 e. The Labute approximate surface area is 127 Å². The molecule has 0 bridgehead atoms. The minimum Gasteiger partial charge on any atom is -0.277 e. The molecule has 0 unspecified atom stereocenters. The van der Waals surface area contributed by atoms with Gasteiger partial charge in [-0.2, -0.15) is 0 Å². The SMILES string of the molecule is CN1C(=O)c2ccccc2C1=O.Cn1nnc2ccccc21. The molecule has 4 rings (SSSR count). The zero-order valence-corrected chi connectivity index (χ0v) is 12.2. The van der Waals surface area contributed by atoms with Gasteiger partial charge in [0.25, 0.3) is 11.8 Å². The Morgan fingerprint density at radius 2 is 1.36 bits per heavy atom. The van der Waals surface area contributed by atoms with E-state index in [4.69, 9.17) is 0 Å². The van der Waals surface area contributed by atoms with Crippen molar-refractivity contribution in [1.29, 1.82) is 0 Å². The molecule has 1 aromatic heterocycles. The van der Waals surface area contributed by atoms with Crippen molar-refractivity contribution in [2.24, 2.45) is 7.05 Å². The molecular weight excluding hydrogens is 280 g/mol. The van der Waals surface area contributed by atoms with E-state index in [1.807, 2.05) is 31.3 Å². The third-order valence-corrected chi connectivity index (χ3v) is 3.51. The lowest BCUT2D eigenvalue weighted by Crippen LogP contribution is -2.24. The van der Waals surface area contributed by atoms with E-state index >= 15 is 0 Å². The van der Waals surface area contributed by atoms with Crippen LogP contribution in [0.3, 0.4) is 0 Å². The first kappa shape index (κ1) is 13.9. The molecule has 0 saturated heterocycles. The predicted molar refractivity (Wildman–Crippen MR) is 81.4 cm³/mol. The van der Waals surface area contributed by atoms with Crippen molar-refractivity contribution in [2.75, 3.05) is 7.05 Å². The molecule has 2 heterocycles. The second kappa shape index (κ2) is 5.40. The number of carbonyl (C=O) groups excluding carboxylic acids is 2. The van der Waals surface area contributed by atoms with Crippen LogP contribution in [-0.4, -0.2) is 38.8 Å². The number of para-hydroxylation sites is 1. The molecule has 1 aliphatic heterocycles. The van der Waals surface area contributed by atoms with Crippen LogP contribution in [-0.2, 0) is 7.05 Å². The molecule has 0 radical (unpaired) electrons. The van der Waals surface area contributed by atoms with Crippen LogP contribution in [0.1, 0.15) is 20.7 Å².